The summed E-state index contributed by atoms with van der Waals surface area (Å²) >= 11 is 0. The van der Waals surface area contributed by atoms with Gasteiger partial charge < -0.3 is 30.0 Å². The molecule has 0 saturated carbocycles. The second-order valence-electron chi connectivity index (χ2n) is 8.71. The topological polar surface area (TPSA) is 151 Å². The summed E-state index contributed by atoms with van der Waals surface area (Å²) in [5.74, 6) is -2.31. The molecule has 10 heteroatoms. The van der Waals surface area contributed by atoms with Gasteiger partial charge in [-0.05, 0) is 85.8 Å². The van der Waals surface area contributed by atoms with Gasteiger partial charge in [-0.25, -0.2) is 0 Å². The van der Waals surface area contributed by atoms with Gasteiger partial charge in [-0.3, -0.25) is 19.2 Å². The molecule has 0 aliphatic rings. The van der Waals surface area contributed by atoms with E-state index < -0.39 is 29.0 Å². The molecule has 41 heavy (non-hydrogen) atoms. The molecule has 0 saturated heterocycles. The van der Waals surface area contributed by atoms with E-state index in [1.54, 1.807) is 36.4 Å². The number of aromatic carboxylic acids is 1. The second-order valence-corrected chi connectivity index (χ2v) is 8.71. The number of ketones is 2. The minimum Gasteiger partial charge on any atom is -0.545 e. The van der Waals surface area contributed by atoms with E-state index in [1.165, 1.54) is 37.3 Å². The van der Waals surface area contributed by atoms with Gasteiger partial charge in [-0.15, -0.1) is 0 Å². The second kappa shape index (κ2) is 12.4. The molecule has 4 aromatic rings. The smallest absolute Gasteiger partial charge is 0.298 e. The van der Waals surface area contributed by atoms with E-state index in [2.05, 4.69) is 10.6 Å². The number of hydrogen-bond acceptors (Lipinski definition) is 9. The van der Waals surface area contributed by atoms with Crippen molar-refractivity contribution in [3.8, 4) is 17.2 Å². The van der Waals surface area contributed by atoms with Crippen LogP contribution in [0.5, 0.6) is 17.2 Å². The van der Waals surface area contributed by atoms with Gasteiger partial charge in [0, 0.05) is 40.7 Å². The highest BCUT2D eigenvalue weighted by Gasteiger charge is 2.19. The lowest BCUT2D eigenvalue weighted by molar-refractivity contribution is -0.255. The molecule has 0 unspecified atom stereocenters. The largest absolute Gasteiger partial charge is 0.545 e. The molecule has 0 aliphatic heterocycles. The summed E-state index contributed by atoms with van der Waals surface area (Å²) in [4.78, 5) is 60.5. The van der Waals surface area contributed by atoms with Gasteiger partial charge in [0.05, 0.1) is 11.5 Å². The van der Waals surface area contributed by atoms with E-state index in [4.69, 9.17) is 9.47 Å². The third-order valence-electron chi connectivity index (χ3n) is 6.03. The van der Waals surface area contributed by atoms with Crippen molar-refractivity contribution in [2.45, 2.75) is 6.92 Å². The number of benzene rings is 4. The summed E-state index contributed by atoms with van der Waals surface area (Å²) in [6.07, 6.45) is 0. The van der Waals surface area contributed by atoms with Gasteiger partial charge in [-0.1, -0.05) is 6.07 Å². The molecule has 1 amide bonds. The fourth-order valence-corrected chi connectivity index (χ4v) is 3.95. The van der Waals surface area contributed by atoms with Gasteiger partial charge in [-0.2, -0.15) is 0 Å². The third kappa shape index (κ3) is 6.63. The Morgan fingerprint density at radius 3 is 1.83 bits per heavy atom. The van der Waals surface area contributed by atoms with Gasteiger partial charge in [0.15, 0.2) is 11.6 Å². The Morgan fingerprint density at radius 2 is 1.29 bits per heavy atom. The van der Waals surface area contributed by atoms with E-state index in [0.717, 1.165) is 11.8 Å². The molecule has 0 radical (unpaired) electrons. The monoisotopic (exact) mass is 551 g/mol. The number of anilines is 2. The summed E-state index contributed by atoms with van der Waals surface area (Å²) in [5.41, 5.74) is 0.607. The molecule has 4 rings (SSSR count). The van der Waals surface area contributed by atoms with Crippen molar-refractivity contribution in [3.05, 3.63) is 113 Å². The van der Waals surface area contributed by atoms with Gasteiger partial charge in [0.1, 0.15) is 17.2 Å². The summed E-state index contributed by atoms with van der Waals surface area (Å²) < 4.78 is 10.6. The van der Waals surface area contributed by atoms with Crippen molar-refractivity contribution < 1.29 is 38.6 Å². The molecular formula is C31H23N2O8-. The average Bonchev–Trinajstić information content (AvgIpc) is 2.98. The zero-order valence-corrected chi connectivity index (χ0v) is 21.9. The van der Waals surface area contributed by atoms with Crippen LogP contribution in [0, 0.1) is 0 Å². The minimum absolute atomic E-state index is 0.00203. The van der Waals surface area contributed by atoms with Crippen molar-refractivity contribution in [2.24, 2.45) is 0 Å². The van der Waals surface area contributed by atoms with Crippen LogP contribution in [0.2, 0.25) is 0 Å². The molecule has 0 aliphatic carbocycles. The first-order valence-electron chi connectivity index (χ1n) is 12.2. The predicted octanol–water partition coefficient (Wildman–Crippen LogP) is 4.11. The fraction of sp³-hybridized carbons (Fsp3) is 0.0645. The first-order chi connectivity index (χ1) is 19.7. The normalized spacial score (nSPS) is 10.3. The number of carboxylic acid groups (broad SMARTS) is 1. The van der Waals surface area contributed by atoms with Crippen molar-refractivity contribution in [1.29, 1.82) is 0 Å². The van der Waals surface area contributed by atoms with E-state index in [1.807, 2.05) is 19.2 Å². The molecule has 4 aromatic carbocycles. The highest BCUT2D eigenvalue weighted by atomic mass is 16.5. The molecule has 206 valence electrons. The lowest BCUT2D eigenvalue weighted by Crippen LogP contribution is -2.27. The van der Waals surface area contributed by atoms with Crippen LogP contribution in [0.4, 0.5) is 11.4 Å². The molecule has 0 bridgehead atoms. The molecule has 0 spiro atoms. The number of carbonyl (C=O) groups excluding carboxylic acids is 5. The van der Waals surface area contributed by atoms with Crippen molar-refractivity contribution in [2.75, 3.05) is 17.7 Å². The highest BCUT2D eigenvalue weighted by molar-refractivity contribution is 6.14. The van der Waals surface area contributed by atoms with Gasteiger partial charge in [0.25, 0.3) is 12.4 Å². The summed E-state index contributed by atoms with van der Waals surface area (Å²) in [5, 5.41) is 17.5. The van der Waals surface area contributed by atoms with Crippen LogP contribution in [0.25, 0.3) is 0 Å². The number of Topliss-reactive ketones (excluding diaryl/α,β-unsaturated/α-hetero) is 1. The Labute approximate surface area is 234 Å². The van der Waals surface area contributed by atoms with E-state index in [0.29, 0.717) is 17.2 Å². The van der Waals surface area contributed by atoms with Gasteiger partial charge >= 0.3 is 0 Å². The van der Waals surface area contributed by atoms with Crippen LogP contribution < -0.4 is 25.2 Å². The molecular weight excluding hydrogens is 528 g/mol. The summed E-state index contributed by atoms with van der Waals surface area (Å²) in [7, 11) is 1.81. The number of nitrogens with one attached hydrogen (secondary N) is 2. The molecule has 2 N–H and O–H groups in total. The first-order valence-corrected chi connectivity index (χ1v) is 12.2. The number of carboxylic acids is 1. The van der Waals surface area contributed by atoms with Gasteiger partial charge in [0.2, 0.25) is 0 Å². The Balaban J connectivity index is 1.52. The maximum absolute atomic E-state index is 13.1. The maximum atomic E-state index is 13.1. The molecule has 0 aromatic heterocycles. The standard InChI is InChI=1S/C31H24N2O8/c1-18(35)26-15-20(4-14-28(26)40-17-34)29(36)19-3-13-25(27(16-19)31(38)39)30(37)33-22-7-11-24(12-8-22)41-23-9-5-21(32-2)6-10-23/h3-17,32H,1-2H3,(H,33,37)(H,38,39)/p-1. The first kappa shape index (κ1) is 28.2. The van der Waals surface area contributed by atoms with Crippen LogP contribution in [0.3, 0.4) is 0 Å². The SMILES string of the molecule is CNc1ccc(Oc2ccc(NC(=O)c3ccc(C(=O)c4ccc(OC=O)c(C(C)=O)c4)cc3C(=O)[O-])cc2)cc1. The van der Waals surface area contributed by atoms with Crippen molar-refractivity contribution in [1.82, 2.24) is 0 Å². The number of carbonyl (C=O) groups is 5. The molecule has 0 heterocycles. The van der Waals surface area contributed by atoms with Crippen LogP contribution in [-0.2, 0) is 4.79 Å². The Morgan fingerprint density at radius 1 is 0.732 bits per heavy atom. The Hall–Kier alpha value is -5.77. The number of amides is 1. The van der Waals surface area contributed by atoms with Crippen molar-refractivity contribution in [3.63, 3.8) is 0 Å². The Kier molecular flexibility index (Phi) is 8.54. The summed E-state index contributed by atoms with van der Waals surface area (Å²) in [6.45, 7) is 1.40. The molecule has 10 nitrogen and oxygen atoms in total. The minimum atomic E-state index is -1.66. The van der Waals surface area contributed by atoms with E-state index in [9.17, 15) is 29.1 Å². The number of hydrogen-bond donors (Lipinski definition) is 2. The quantitative estimate of drug-likeness (QED) is 0.207. The Bertz CT molecular complexity index is 1640. The zero-order valence-electron chi connectivity index (χ0n) is 21.9. The zero-order chi connectivity index (χ0) is 29.5. The maximum Gasteiger partial charge on any atom is 0.298 e. The van der Waals surface area contributed by atoms with Crippen LogP contribution in [0.1, 0.15) is 53.9 Å². The molecule has 0 atom stereocenters. The third-order valence-corrected chi connectivity index (χ3v) is 6.03. The van der Waals surface area contributed by atoms with E-state index in [-0.39, 0.29) is 34.5 Å². The average molecular weight is 552 g/mol. The number of rotatable bonds is 11. The fourth-order valence-electron chi connectivity index (χ4n) is 3.95. The van der Waals surface area contributed by atoms with Crippen molar-refractivity contribution >= 4 is 41.3 Å². The predicted molar refractivity (Wildman–Crippen MR) is 148 cm³/mol. The summed E-state index contributed by atoms with van der Waals surface area (Å²) in [6, 6.07) is 21.2. The lowest BCUT2D eigenvalue weighted by Gasteiger charge is -2.14. The highest BCUT2D eigenvalue weighted by Crippen LogP contribution is 2.26. The molecule has 0 fully saturated rings. The van der Waals surface area contributed by atoms with Crippen LogP contribution in [0.15, 0.2) is 84.9 Å². The van der Waals surface area contributed by atoms with Crippen LogP contribution >= 0.6 is 0 Å². The lowest BCUT2D eigenvalue weighted by atomic mass is 9.96. The van der Waals surface area contributed by atoms with Crippen LogP contribution in [-0.4, -0.2) is 37.0 Å². The number of ether oxygens (including phenoxy) is 2. The van der Waals surface area contributed by atoms with E-state index >= 15 is 0 Å².